The van der Waals surface area contributed by atoms with Crippen LogP contribution in [0.5, 0.6) is 0 Å². The highest BCUT2D eigenvalue weighted by Gasteiger charge is 2.30. The number of halogens is 1. The molecule has 1 unspecified atom stereocenters. The van der Waals surface area contributed by atoms with Gasteiger partial charge in [0.25, 0.3) is 5.91 Å². The number of carbonyl (C=O) groups is 1. The van der Waals surface area contributed by atoms with Gasteiger partial charge >= 0.3 is 0 Å². The first-order valence-electron chi connectivity index (χ1n) is 6.91. The van der Waals surface area contributed by atoms with Crippen LogP contribution in [0.15, 0.2) is 23.3 Å². The molecule has 0 aliphatic carbocycles. The number of benzene rings is 1. The van der Waals surface area contributed by atoms with E-state index < -0.39 is 0 Å². The lowest BCUT2D eigenvalue weighted by atomic mass is 10.1. The van der Waals surface area contributed by atoms with Crippen LogP contribution in [-0.2, 0) is 9.53 Å². The SMILES string of the molecule is Cc1cccc(Cl)c1N1N=C(CC2CCCO2)CC1=O. The van der Waals surface area contributed by atoms with Gasteiger partial charge in [-0.25, -0.2) is 0 Å². The average molecular weight is 293 g/mol. The van der Waals surface area contributed by atoms with Crippen molar-refractivity contribution in [2.75, 3.05) is 11.6 Å². The Labute approximate surface area is 123 Å². The summed E-state index contributed by atoms with van der Waals surface area (Å²) in [4.78, 5) is 12.2. The molecule has 2 aliphatic rings. The van der Waals surface area contributed by atoms with Crippen molar-refractivity contribution in [2.45, 2.75) is 38.7 Å². The Bertz CT molecular complexity index is 545. The minimum absolute atomic E-state index is 0.0193. The van der Waals surface area contributed by atoms with Gasteiger partial charge in [0.15, 0.2) is 0 Å². The number of hydrazone groups is 1. The predicted molar refractivity (Wildman–Crippen MR) is 79.3 cm³/mol. The molecule has 0 saturated carbocycles. The molecule has 1 saturated heterocycles. The Kier molecular flexibility index (Phi) is 3.76. The Balaban J connectivity index is 1.82. The number of hydrogen-bond donors (Lipinski definition) is 0. The van der Waals surface area contributed by atoms with Crippen LogP contribution >= 0.6 is 11.6 Å². The van der Waals surface area contributed by atoms with Crippen molar-refractivity contribution >= 4 is 28.9 Å². The number of rotatable bonds is 3. The number of ether oxygens (including phenoxy) is 1. The molecule has 1 fully saturated rings. The fourth-order valence-corrected chi connectivity index (χ4v) is 3.03. The Hall–Kier alpha value is -1.39. The topological polar surface area (TPSA) is 41.9 Å². The summed E-state index contributed by atoms with van der Waals surface area (Å²) in [7, 11) is 0. The fraction of sp³-hybridized carbons (Fsp3) is 0.467. The molecule has 2 heterocycles. The molecule has 1 aromatic rings. The summed E-state index contributed by atoms with van der Waals surface area (Å²) >= 11 is 6.21. The van der Waals surface area contributed by atoms with Crippen molar-refractivity contribution in [1.29, 1.82) is 0 Å². The van der Waals surface area contributed by atoms with Crippen molar-refractivity contribution in [2.24, 2.45) is 5.10 Å². The number of hydrogen-bond acceptors (Lipinski definition) is 3. The van der Waals surface area contributed by atoms with Crippen LogP contribution in [0.1, 0.15) is 31.2 Å². The molecule has 1 atom stereocenters. The van der Waals surface area contributed by atoms with Gasteiger partial charge in [-0.05, 0) is 31.4 Å². The molecule has 1 aromatic carbocycles. The zero-order chi connectivity index (χ0) is 14.1. The van der Waals surface area contributed by atoms with E-state index in [-0.39, 0.29) is 12.0 Å². The van der Waals surface area contributed by atoms with Gasteiger partial charge in [0.1, 0.15) is 0 Å². The molecule has 1 amide bonds. The van der Waals surface area contributed by atoms with E-state index >= 15 is 0 Å². The monoisotopic (exact) mass is 292 g/mol. The first-order valence-corrected chi connectivity index (χ1v) is 7.29. The molecule has 0 spiro atoms. The van der Waals surface area contributed by atoms with Crippen LogP contribution < -0.4 is 5.01 Å². The third-order valence-electron chi connectivity index (χ3n) is 3.72. The van der Waals surface area contributed by atoms with Crippen LogP contribution in [-0.4, -0.2) is 24.3 Å². The first kappa shape index (κ1) is 13.6. The molecule has 0 aromatic heterocycles. The predicted octanol–water partition coefficient (Wildman–Crippen LogP) is 3.31. The first-order chi connectivity index (χ1) is 9.65. The molecule has 4 nitrogen and oxygen atoms in total. The van der Waals surface area contributed by atoms with Crippen molar-refractivity contribution < 1.29 is 9.53 Å². The number of aryl methyl sites for hydroxylation is 1. The smallest absolute Gasteiger partial charge is 0.253 e. The van der Waals surface area contributed by atoms with Gasteiger partial charge in [0.05, 0.1) is 28.9 Å². The molecule has 106 valence electrons. The van der Waals surface area contributed by atoms with Crippen LogP contribution in [0.25, 0.3) is 0 Å². The quantitative estimate of drug-likeness (QED) is 0.858. The fourth-order valence-electron chi connectivity index (χ4n) is 2.73. The van der Waals surface area contributed by atoms with Gasteiger partial charge in [0.2, 0.25) is 0 Å². The lowest BCUT2D eigenvalue weighted by molar-refractivity contribution is -0.116. The highest BCUT2D eigenvalue weighted by atomic mass is 35.5. The number of nitrogens with zero attached hydrogens (tertiary/aromatic N) is 2. The zero-order valence-corrected chi connectivity index (χ0v) is 12.2. The molecule has 3 rings (SSSR count). The van der Waals surface area contributed by atoms with Crippen molar-refractivity contribution in [3.8, 4) is 0 Å². The molecule has 0 radical (unpaired) electrons. The maximum absolute atomic E-state index is 12.2. The molecular weight excluding hydrogens is 276 g/mol. The highest BCUT2D eigenvalue weighted by molar-refractivity contribution is 6.34. The second kappa shape index (κ2) is 5.54. The second-order valence-corrected chi connectivity index (χ2v) is 5.70. The molecular formula is C15H17ClN2O2. The van der Waals surface area contributed by atoms with E-state index in [9.17, 15) is 4.79 Å². The van der Waals surface area contributed by atoms with Gasteiger partial charge in [0, 0.05) is 13.0 Å². The third-order valence-corrected chi connectivity index (χ3v) is 4.03. The Morgan fingerprint density at radius 2 is 2.35 bits per heavy atom. The Morgan fingerprint density at radius 1 is 1.50 bits per heavy atom. The number of para-hydroxylation sites is 1. The third kappa shape index (κ3) is 2.58. The van der Waals surface area contributed by atoms with E-state index in [1.54, 1.807) is 6.07 Å². The molecule has 0 bridgehead atoms. The van der Waals surface area contributed by atoms with Crippen LogP contribution in [0.3, 0.4) is 0 Å². The lowest BCUT2D eigenvalue weighted by Crippen LogP contribution is -2.20. The van der Waals surface area contributed by atoms with Gasteiger partial charge in [-0.3, -0.25) is 4.79 Å². The normalized spacial score (nSPS) is 22.5. The van der Waals surface area contributed by atoms with Crippen molar-refractivity contribution in [3.05, 3.63) is 28.8 Å². The maximum atomic E-state index is 12.2. The average Bonchev–Trinajstić information content (AvgIpc) is 3.01. The summed E-state index contributed by atoms with van der Waals surface area (Å²) in [6.45, 7) is 2.75. The summed E-state index contributed by atoms with van der Waals surface area (Å²) in [5.41, 5.74) is 2.54. The molecule has 2 aliphatic heterocycles. The summed E-state index contributed by atoms with van der Waals surface area (Å²) in [6, 6.07) is 5.59. The van der Waals surface area contributed by atoms with E-state index in [2.05, 4.69) is 5.10 Å². The standard InChI is InChI=1S/C15H17ClN2O2/c1-10-4-2-6-13(16)15(10)18-14(19)9-11(17-18)8-12-5-3-7-20-12/h2,4,6,12H,3,5,7-9H2,1H3. The van der Waals surface area contributed by atoms with Gasteiger partial charge in [-0.2, -0.15) is 10.1 Å². The number of carbonyl (C=O) groups excluding carboxylic acids is 1. The summed E-state index contributed by atoms with van der Waals surface area (Å²) in [5, 5.41) is 6.46. The summed E-state index contributed by atoms with van der Waals surface area (Å²) in [6.07, 6.45) is 3.47. The molecule has 20 heavy (non-hydrogen) atoms. The van der Waals surface area contributed by atoms with Crippen molar-refractivity contribution in [3.63, 3.8) is 0 Å². The Morgan fingerprint density at radius 3 is 3.05 bits per heavy atom. The lowest BCUT2D eigenvalue weighted by Gasteiger charge is -2.16. The van der Waals surface area contributed by atoms with E-state index in [1.807, 2.05) is 19.1 Å². The van der Waals surface area contributed by atoms with Crippen LogP contribution in [0.4, 0.5) is 5.69 Å². The van der Waals surface area contributed by atoms with Gasteiger partial charge < -0.3 is 4.74 Å². The van der Waals surface area contributed by atoms with E-state index in [0.29, 0.717) is 17.1 Å². The van der Waals surface area contributed by atoms with Crippen molar-refractivity contribution in [1.82, 2.24) is 0 Å². The van der Waals surface area contributed by atoms with E-state index in [1.165, 1.54) is 5.01 Å². The molecule has 5 heteroatoms. The largest absolute Gasteiger partial charge is 0.378 e. The van der Waals surface area contributed by atoms with E-state index in [4.69, 9.17) is 16.3 Å². The zero-order valence-electron chi connectivity index (χ0n) is 11.4. The van der Waals surface area contributed by atoms with Gasteiger partial charge in [-0.15, -0.1) is 0 Å². The van der Waals surface area contributed by atoms with E-state index in [0.717, 1.165) is 37.1 Å². The summed E-state index contributed by atoms with van der Waals surface area (Å²) in [5.74, 6) is -0.0193. The number of anilines is 1. The minimum Gasteiger partial charge on any atom is -0.378 e. The van der Waals surface area contributed by atoms with Crippen LogP contribution in [0, 0.1) is 6.92 Å². The maximum Gasteiger partial charge on any atom is 0.253 e. The minimum atomic E-state index is -0.0193. The molecule has 0 N–H and O–H groups in total. The summed E-state index contributed by atoms with van der Waals surface area (Å²) < 4.78 is 5.60. The second-order valence-electron chi connectivity index (χ2n) is 5.29. The van der Waals surface area contributed by atoms with Gasteiger partial charge in [-0.1, -0.05) is 23.7 Å². The number of amides is 1. The van der Waals surface area contributed by atoms with Crippen LogP contribution in [0.2, 0.25) is 5.02 Å². The highest BCUT2D eigenvalue weighted by Crippen LogP contribution is 2.33.